The van der Waals surface area contributed by atoms with Crippen molar-refractivity contribution >= 4 is 0 Å². The van der Waals surface area contributed by atoms with Gasteiger partial charge in [-0.15, -0.1) is 0 Å². The Kier molecular flexibility index (Phi) is 4.73. The molecule has 3 rings (SSSR count). The lowest BCUT2D eigenvalue weighted by atomic mass is 10.1. The Morgan fingerprint density at radius 2 is 1.74 bits per heavy atom. The summed E-state index contributed by atoms with van der Waals surface area (Å²) in [6.45, 7) is 9.81. The van der Waals surface area contributed by atoms with Gasteiger partial charge in [-0.05, 0) is 38.5 Å². The van der Waals surface area contributed by atoms with E-state index in [1.807, 2.05) is 13.0 Å². The van der Waals surface area contributed by atoms with E-state index in [1.165, 1.54) is 6.07 Å². The van der Waals surface area contributed by atoms with Crippen molar-refractivity contribution in [3.8, 4) is 0 Å². The molecule has 0 aliphatic carbocycles. The first-order chi connectivity index (χ1) is 11.0. The highest BCUT2D eigenvalue weighted by Gasteiger charge is 2.27. The number of nitrogens with zero attached hydrogens (tertiary/aromatic N) is 4. The molecule has 0 spiro atoms. The molecule has 6 heteroatoms. The quantitative estimate of drug-likeness (QED) is 0.867. The maximum absolute atomic E-state index is 13.4. The number of piperazine rings is 1. The van der Waals surface area contributed by atoms with E-state index in [0.29, 0.717) is 11.7 Å². The average molecular weight is 318 g/mol. The van der Waals surface area contributed by atoms with Gasteiger partial charge in [0, 0.05) is 32.2 Å². The Morgan fingerprint density at radius 1 is 1.09 bits per heavy atom. The van der Waals surface area contributed by atoms with Crippen molar-refractivity contribution in [1.82, 2.24) is 19.9 Å². The van der Waals surface area contributed by atoms with Crippen LogP contribution in [0.5, 0.6) is 0 Å². The smallest absolute Gasteiger partial charge is 0.243 e. The molecule has 5 nitrogen and oxygen atoms in total. The van der Waals surface area contributed by atoms with Gasteiger partial charge in [0.2, 0.25) is 5.89 Å². The van der Waals surface area contributed by atoms with Crippen LogP contribution in [0, 0.1) is 12.7 Å². The molecule has 0 unspecified atom stereocenters. The fourth-order valence-electron chi connectivity index (χ4n) is 3.13. The average Bonchev–Trinajstić information content (AvgIpc) is 3.00. The van der Waals surface area contributed by atoms with Crippen molar-refractivity contribution in [3.63, 3.8) is 0 Å². The van der Waals surface area contributed by atoms with Gasteiger partial charge in [-0.2, -0.15) is 4.98 Å². The minimum atomic E-state index is -0.173. The van der Waals surface area contributed by atoms with Gasteiger partial charge in [-0.1, -0.05) is 17.3 Å². The first-order valence-electron chi connectivity index (χ1n) is 8.08. The molecule has 0 N–H and O–H groups in total. The molecule has 1 aliphatic heterocycles. The first-order valence-corrected chi connectivity index (χ1v) is 8.08. The van der Waals surface area contributed by atoms with Gasteiger partial charge in [0.15, 0.2) is 5.82 Å². The van der Waals surface area contributed by atoms with Crippen molar-refractivity contribution in [2.24, 2.45) is 0 Å². The molecule has 0 amide bonds. The minimum Gasteiger partial charge on any atom is -0.338 e. The Labute approximate surface area is 136 Å². The van der Waals surface area contributed by atoms with Crippen LogP contribution in [0.4, 0.5) is 4.39 Å². The summed E-state index contributed by atoms with van der Waals surface area (Å²) in [5.41, 5.74) is 1.03. The Morgan fingerprint density at radius 3 is 2.30 bits per heavy atom. The molecular weight excluding hydrogens is 295 g/mol. The van der Waals surface area contributed by atoms with Crippen LogP contribution in [0.25, 0.3) is 0 Å². The number of aryl methyl sites for hydroxylation is 1. The van der Waals surface area contributed by atoms with Gasteiger partial charge in [0.25, 0.3) is 0 Å². The number of halogens is 1. The zero-order valence-electron chi connectivity index (χ0n) is 13.9. The summed E-state index contributed by atoms with van der Waals surface area (Å²) < 4.78 is 18.7. The molecule has 1 fully saturated rings. The number of aromatic nitrogens is 2. The maximum Gasteiger partial charge on any atom is 0.243 e. The van der Waals surface area contributed by atoms with E-state index in [0.717, 1.165) is 31.7 Å². The molecule has 124 valence electrons. The SMILES string of the molecule is Cc1noc([C@@H](C)N2CCN([C@@H](C)c3cccc(F)c3)CC2)n1. The largest absolute Gasteiger partial charge is 0.338 e. The molecule has 1 saturated heterocycles. The second-order valence-corrected chi connectivity index (χ2v) is 6.16. The van der Waals surface area contributed by atoms with Crippen molar-refractivity contribution < 1.29 is 8.91 Å². The van der Waals surface area contributed by atoms with Crippen molar-refractivity contribution in [3.05, 3.63) is 47.4 Å². The molecule has 2 aromatic rings. The highest BCUT2D eigenvalue weighted by Crippen LogP contribution is 2.25. The maximum atomic E-state index is 13.4. The lowest BCUT2D eigenvalue weighted by molar-refractivity contribution is 0.0677. The third-order valence-corrected chi connectivity index (χ3v) is 4.68. The third-order valence-electron chi connectivity index (χ3n) is 4.68. The monoisotopic (exact) mass is 318 g/mol. The van der Waals surface area contributed by atoms with Crippen LogP contribution in [0.15, 0.2) is 28.8 Å². The Hall–Kier alpha value is -1.79. The summed E-state index contributed by atoms with van der Waals surface area (Å²) in [4.78, 5) is 9.06. The number of hydrogen-bond donors (Lipinski definition) is 0. The minimum absolute atomic E-state index is 0.128. The summed E-state index contributed by atoms with van der Waals surface area (Å²) in [6, 6.07) is 7.22. The van der Waals surface area contributed by atoms with Crippen molar-refractivity contribution in [2.75, 3.05) is 26.2 Å². The van der Waals surface area contributed by atoms with E-state index in [-0.39, 0.29) is 17.9 Å². The van der Waals surface area contributed by atoms with Crippen molar-refractivity contribution in [1.29, 1.82) is 0 Å². The Balaban J connectivity index is 1.59. The zero-order valence-corrected chi connectivity index (χ0v) is 13.9. The van der Waals surface area contributed by atoms with Crippen LogP contribution >= 0.6 is 0 Å². The van der Waals surface area contributed by atoms with Crippen LogP contribution in [0.2, 0.25) is 0 Å². The van der Waals surface area contributed by atoms with Crippen molar-refractivity contribution in [2.45, 2.75) is 32.9 Å². The van der Waals surface area contributed by atoms with Gasteiger partial charge in [-0.3, -0.25) is 9.80 Å². The van der Waals surface area contributed by atoms with E-state index in [4.69, 9.17) is 4.52 Å². The second-order valence-electron chi connectivity index (χ2n) is 6.16. The molecule has 2 atom stereocenters. The van der Waals surface area contributed by atoms with E-state index in [2.05, 4.69) is 33.8 Å². The van der Waals surface area contributed by atoms with Crippen LogP contribution < -0.4 is 0 Å². The zero-order chi connectivity index (χ0) is 16.4. The van der Waals surface area contributed by atoms with Crippen LogP contribution in [-0.2, 0) is 0 Å². The number of benzene rings is 1. The van der Waals surface area contributed by atoms with E-state index < -0.39 is 0 Å². The fraction of sp³-hybridized carbons (Fsp3) is 0.529. The van der Waals surface area contributed by atoms with Gasteiger partial charge < -0.3 is 4.52 Å². The van der Waals surface area contributed by atoms with Crippen LogP contribution in [-0.4, -0.2) is 46.1 Å². The van der Waals surface area contributed by atoms with E-state index in [1.54, 1.807) is 12.1 Å². The predicted molar refractivity (Wildman–Crippen MR) is 85.4 cm³/mol. The predicted octanol–water partition coefficient (Wildman–Crippen LogP) is 2.96. The van der Waals surface area contributed by atoms with Gasteiger partial charge in [-0.25, -0.2) is 4.39 Å². The number of hydrogen-bond acceptors (Lipinski definition) is 5. The lowest BCUT2D eigenvalue weighted by Gasteiger charge is -2.39. The topological polar surface area (TPSA) is 45.4 Å². The lowest BCUT2D eigenvalue weighted by Crippen LogP contribution is -2.47. The molecule has 23 heavy (non-hydrogen) atoms. The van der Waals surface area contributed by atoms with Gasteiger partial charge in [0.05, 0.1) is 6.04 Å². The molecule has 1 aromatic carbocycles. The van der Waals surface area contributed by atoms with Crippen LogP contribution in [0.3, 0.4) is 0 Å². The van der Waals surface area contributed by atoms with E-state index >= 15 is 0 Å². The second kappa shape index (κ2) is 6.76. The van der Waals surface area contributed by atoms with Gasteiger partial charge in [0.1, 0.15) is 5.82 Å². The molecular formula is C17H23FN4O. The van der Waals surface area contributed by atoms with E-state index in [9.17, 15) is 4.39 Å². The van der Waals surface area contributed by atoms with Crippen LogP contribution in [0.1, 0.15) is 43.2 Å². The summed E-state index contributed by atoms with van der Waals surface area (Å²) in [7, 11) is 0. The Bertz CT molecular complexity index is 652. The highest BCUT2D eigenvalue weighted by molar-refractivity contribution is 5.19. The highest BCUT2D eigenvalue weighted by atomic mass is 19.1. The molecule has 1 aliphatic rings. The fourth-order valence-corrected chi connectivity index (χ4v) is 3.13. The standard InChI is InChI=1S/C17H23FN4O/c1-12(15-5-4-6-16(18)11-15)21-7-9-22(10-8-21)13(2)17-19-14(3)20-23-17/h4-6,11-13H,7-10H2,1-3H3/t12-,13+/m0/s1. The summed E-state index contributed by atoms with van der Waals surface area (Å²) >= 11 is 0. The summed E-state index contributed by atoms with van der Waals surface area (Å²) in [5.74, 6) is 1.17. The normalized spacial score (nSPS) is 19.7. The third kappa shape index (κ3) is 3.59. The molecule has 0 bridgehead atoms. The number of rotatable bonds is 4. The van der Waals surface area contributed by atoms with Gasteiger partial charge >= 0.3 is 0 Å². The first kappa shape index (κ1) is 16.1. The summed E-state index contributed by atoms with van der Waals surface area (Å²) in [6.07, 6.45) is 0. The molecule has 2 heterocycles. The molecule has 1 aromatic heterocycles. The summed E-state index contributed by atoms with van der Waals surface area (Å²) in [5, 5.41) is 3.86. The molecule has 0 radical (unpaired) electrons. The molecule has 0 saturated carbocycles.